The van der Waals surface area contributed by atoms with Gasteiger partial charge in [0, 0.05) is 31.0 Å². The van der Waals surface area contributed by atoms with Gasteiger partial charge in [-0.05, 0) is 24.3 Å². The molecule has 4 aromatic heterocycles. The van der Waals surface area contributed by atoms with Crippen LogP contribution < -0.4 is 10.7 Å². The highest BCUT2D eigenvalue weighted by molar-refractivity contribution is 6.39. The molecule has 4 aromatic rings. The Bertz CT molecular complexity index is 1240. The van der Waals surface area contributed by atoms with E-state index in [2.05, 4.69) is 20.3 Å². The van der Waals surface area contributed by atoms with Gasteiger partial charge in [-0.25, -0.2) is 4.98 Å². The Morgan fingerprint density at radius 2 is 1.75 bits per heavy atom. The van der Waals surface area contributed by atoms with Gasteiger partial charge in [0.15, 0.2) is 0 Å². The molecule has 1 amide bonds. The molecule has 0 fully saturated rings. The van der Waals surface area contributed by atoms with Crippen molar-refractivity contribution >= 4 is 45.8 Å². The normalized spacial score (nSPS) is 10.8. The van der Waals surface area contributed by atoms with Gasteiger partial charge in [-0.3, -0.25) is 24.1 Å². The number of halogens is 2. The van der Waals surface area contributed by atoms with Crippen LogP contribution in [0.1, 0.15) is 10.4 Å². The highest BCUT2D eigenvalue weighted by Gasteiger charge is 2.19. The van der Waals surface area contributed by atoms with Crippen LogP contribution in [-0.2, 0) is 0 Å². The van der Waals surface area contributed by atoms with Crippen LogP contribution in [-0.4, -0.2) is 25.4 Å². The van der Waals surface area contributed by atoms with Crippen LogP contribution in [0.15, 0.2) is 66.2 Å². The van der Waals surface area contributed by atoms with Gasteiger partial charge in [-0.15, -0.1) is 0 Å². The second-order valence-corrected chi connectivity index (χ2v) is 6.57. The van der Waals surface area contributed by atoms with Crippen molar-refractivity contribution in [2.24, 2.45) is 0 Å². The Morgan fingerprint density at radius 3 is 2.46 bits per heavy atom. The molecule has 0 bridgehead atoms. The van der Waals surface area contributed by atoms with Crippen molar-refractivity contribution in [3.8, 4) is 5.69 Å². The molecule has 0 aliphatic rings. The summed E-state index contributed by atoms with van der Waals surface area (Å²) in [6.45, 7) is 0. The Labute approximate surface area is 168 Å². The maximum Gasteiger partial charge on any atom is 0.261 e. The van der Waals surface area contributed by atoms with Crippen molar-refractivity contribution in [2.75, 3.05) is 5.32 Å². The smallest absolute Gasteiger partial charge is 0.261 e. The SMILES string of the molecule is O=C(Nc1c(Cl)cncc1Cl)c1cn(-c2cccnc2)c2ncccc2c1=O. The van der Waals surface area contributed by atoms with Crippen molar-refractivity contribution < 1.29 is 4.79 Å². The van der Waals surface area contributed by atoms with Crippen molar-refractivity contribution in [2.45, 2.75) is 0 Å². The fraction of sp³-hybridized carbons (Fsp3) is 0. The lowest BCUT2D eigenvalue weighted by atomic mass is 10.1. The molecule has 0 radical (unpaired) electrons. The summed E-state index contributed by atoms with van der Waals surface area (Å²) in [5.74, 6) is -0.650. The molecule has 4 heterocycles. The van der Waals surface area contributed by atoms with E-state index in [1.807, 2.05) is 0 Å². The first kappa shape index (κ1) is 18.1. The van der Waals surface area contributed by atoms with Gasteiger partial charge in [0.25, 0.3) is 5.91 Å². The lowest BCUT2D eigenvalue weighted by Crippen LogP contribution is -2.24. The second-order valence-electron chi connectivity index (χ2n) is 5.76. The molecule has 0 saturated heterocycles. The van der Waals surface area contributed by atoms with Crippen LogP contribution in [0.3, 0.4) is 0 Å². The van der Waals surface area contributed by atoms with Crippen LogP contribution in [0.4, 0.5) is 5.69 Å². The van der Waals surface area contributed by atoms with E-state index in [0.29, 0.717) is 16.7 Å². The highest BCUT2D eigenvalue weighted by atomic mass is 35.5. The summed E-state index contributed by atoms with van der Waals surface area (Å²) in [6.07, 6.45) is 8.93. The topological polar surface area (TPSA) is 89.8 Å². The van der Waals surface area contributed by atoms with Crippen molar-refractivity contribution in [3.05, 3.63) is 87.3 Å². The van der Waals surface area contributed by atoms with E-state index >= 15 is 0 Å². The zero-order chi connectivity index (χ0) is 19.7. The lowest BCUT2D eigenvalue weighted by molar-refractivity contribution is 0.102. The molecule has 9 heteroatoms. The summed E-state index contributed by atoms with van der Waals surface area (Å²) in [5, 5.41) is 3.21. The number of amides is 1. The van der Waals surface area contributed by atoms with Gasteiger partial charge >= 0.3 is 0 Å². The van der Waals surface area contributed by atoms with E-state index in [1.54, 1.807) is 47.4 Å². The van der Waals surface area contributed by atoms with E-state index < -0.39 is 11.3 Å². The van der Waals surface area contributed by atoms with Crippen LogP contribution >= 0.6 is 23.2 Å². The number of carbonyl (C=O) groups is 1. The Kier molecular flexibility index (Phi) is 4.77. The number of nitrogens with zero attached hydrogens (tertiary/aromatic N) is 4. The van der Waals surface area contributed by atoms with Gasteiger partial charge in [-0.1, -0.05) is 23.2 Å². The first-order chi connectivity index (χ1) is 13.6. The molecule has 0 atom stereocenters. The number of fused-ring (bicyclic) bond motifs is 1. The predicted molar refractivity (Wildman–Crippen MR) is 107 cm³/mol. The molecule has 1 N–H and O–H groups in total. The molecule has 0 saturated carbocycles. The van der Waals surface area contributed by atoms with Crippen LogP contribution in [0.25, 0.3) is 16.7 Å². The predicted octanol–water partition coefficient (Wildman–Crippen LogP) is 3.73. The molecule has 0 spiro atoms. The third-order valence-electron chi connectivity index (χ3n) is 4.02. The molecular weight excluding hydrogens is 401 g/mol. The van der Waals surface area contributed by atoms with E-state index in [0.717, 1.165) is 0 Å². The van der Waals surface area contributed by atoms with Gasteiger partial charge in [-0.2, -0.15) is 0 Å². The molecular formula is C19H11Cl2N5O2. The number of carbonyl (C=O) groups excluding carboxylic acids is 1. The zero-order valence-corrected chi connectivity index (χ0v) is 15.6. The summed E-state index contributed by atoms with van der Waals surface area (Å²) in [5.41, 5.74) is 0.703. The minimum Gasteiger partial charge on any atom is -0.319 e. The van der Waals surface area contributed by atoms with Crippen LogP contribution in [0, 0.1) is 0 Å². The minimum atomic E-state index is -0.650. The summed E-state index contributed by atoms with van der Waals surface area (Å²) in [4.78, 5) is 38.0. The molecule has 7 nitrogen and oxygen atoms in total. The van der Waals surface area contributed by atoms with E-state index in [9.17, 15) is 9.59 Å². The maximum absolute atomic E-state index is 12.9. The summed E-state index contributed by atoms with van der Waals surface area (Å²) >= 11 is 12.1. The minimum absolute atomic E-state index is 0.0895. The number of rotatable bonds is 3. The monoisotopic (exact) mass is 411 g/mol. The highest BCUT2D eigenvalue weighted by Crippen LogP contribution is 2.29. The molecule has 0 aromatic carbocycles. The van der Waals surface area contributed by atoms with Gasteiger partial charge in [0.1, 0.15) is 11.2 Å². The first-order valence-corrected chi connectivity index (χ1v) is 8.83. The Hall–Kier alpha value is -3.29. The average Bonchev–Trinajstić information content (AvgIpc) is 2.72. The zero-order valence-electron chi connectivity index (χ0n) is 14.1. The fourth-order valence-corrected chi connectivity index (χ4v) is 3.19. The molecule has 28 heavy (non-hydrogen) atoms. The van der Waals surface area contributed by atoms with E-state index in [4.69, 9.17) is 23.2 Å². The van der Waals surface area contributed by atoms with Gasteiger partial charge in [0.2, 0.25) is 5.43 Å². The second kappa shape index (κ2) is 7.38. The maximum atomic E-state index is 12.9. The fourth-order valence-electron chi connectivity index (χ4n) is 2.73. The number of nitrogens with one attached hydrogen (secondary N) is 1. The van der Waals surface area contributed by atoms with E-state index in [-0.39, 0.29) is 21.3 Å². The Morgan fingerprint density at radius 1 is 1.00 bits per heavy atom. The number of hydrogen-bond donors (Lipinski definition) is 1. The summed E-state index contributed by atoms with van der Waals surface area (Å²) in [7, 11) is 0. The Balaban J connectivity index is 1.89. The van der Waals surface area contributed by atoms with Gasteiger partial charge in [0.05, 0.1) is 33.0 Å². The van der Waals surface area contributed by atoms with Crippen LogP contribution in [0.5, 0.6) is 0 Å². The molecule has 0 aliphatic carbocycles. The molecule has 0 aliphatic heterocycles. The molecule has 4 rings (SSSR count). The van der Waals surface area contributed by atoms with E-state index in [1.165, 1.54) is 18.6 Å². The van der Waals surface area contributed by atoms with Gasteiger partial charge < -0.3 is 5.32 Å². The summed E-state index contributed by atoms with van der Waals surface area (Å²) < 4.78 is 1.63. The average molecular weight is 412 g/mol. The largest absolute Gasteiger partial charge is 0.319 e. The van der Waals surface area contributed by atoms with Crippen LogP contribution in [0.2, 0.25) is 10.0 Å². The third-order valence-corrected chi connectivity index (χ3v) is 4.60. The van der Waals surface area contributed by atoms with Crippen molar-refractivity contribution in [1.29, 1.82) is 0 Å². The number of hydrogen-bond acceptors (Lipinski definition) is 5. The summed E-state index contributed by atoms with van der Waals surface area (Å²) in [6, 6.07) is 6.79. The lowest BCUT2D eigenvalue weighted by Gasteiger charge is -2.13. The number of pyridine rings is 4. The standard InChI is InChI=1S/C19H11Cl2N5O2/c20-14-8-23-9-15(21)16(14)25-19(28)13-10-26(11-3-1-5-22-7-11)18-12(17(13)27)4-2-6-24-18/h1-10H,(H,23,25,28). The number of aromatic nitrogens is 4. The third kappa shape index (κ3) is 3.21. The molecule has 138 valence electrons. The van der Waals surface area contributed by atoms with Crippen molar-refractivity contribution in [1.82, 2.24) is 19.5 Å². The quantitative estimate of drug-likeness (QED) is 0.554. The number of anilines is 1. The van der Waals surface area contributed by atoms with Crippen molar-refractivity contribution in [3.63, 3.8) is 0 Å². The molecule has 0 unspecified atom stereocenters. The first-order valence-electron chi connectivity index (χ1n) is 8.07.